The Morgan fingerprint density at radius 3 is 2.20 bits per heavy atom. The number of nitrogens with one attached hydrogen (secondary N) is 2. The lowest BCUT2D eigenvalue weighted by Crippen LogP contribution is -2.45. The quantitative estimate of drug-likeness (QED) is 0.783. The van der Waals surface area contributed by atoms with E-state index in [1.54, 1.807) is 12.1 Å². The zero-order valence-corrected chi connectivity index (χ0v) is 14.1. The van der Waals surface area contributed by atoms with Crippen LogP contribution in [-0.2, 0) is 20.1 Å². The van der Waals surface area contributed by atoms with Crippen LogP contribution in [-0.4, -0.2) is 26.4 Å². The summed E-state index contributed by atoms with van der Waals surface area (Å²) in [4.78, 5) is 11.7. The number of rotatable bonds is 5. The van der Waals surface area contributed by atoms with Crippen LogP contribution >= 0.6 is 15.9 Å². The van der Waals surface area contributed by atoms with Crippen molar-refractivity contribution in [2.75, 3.05) is 6.54 Å². The number of hydrogen-bond donors (Lipinski definition) is 2. The Bertz CT molecular complexity index is 562. The number of halogens is 1. The fourth-order valence-electron chi connectivity index (χ4n) is 1.46. The summed E-state index contributed by atoms with van der Waals surface area (Å²) in [5.41, 5.74) is 0.592. The van der Waals surface area contributed by atoms with Crippen LogP contribution in [0.1, 0.15) is 26.3 Å². The monoisotopic (exact) mass is 362 g/mol. The topological polar surface area (TPSA) is 75.3 Å². The summed E-state index contributed by atoms with van der Waals surface area (Å²) < 4.78 is 26.3. The van der Waals surface area contributed by atoms with E-state index in [1.165, 1.54) is 12.1 Å². The second-order valence-electron chi connectivity index (χ2n) is 5.40. The predicted molar refractivity (Wildman–Crippen MR) is 82.2 cm³/mol. The van der Waals surface area contributed by atoms with Gasteiger partial charge in [0.05, 0.1) is 11.4 Å². The van der Waals surface area contributed by atoms with Gasteiger partial charge in [0.15, 0.2) is 0 Å². The minimum Gasteiger partial charge on any atom is -0.350 e. The molecule has 0 atom stereocenters. The van der Waals surface area contributed by atoms with E-state index in [1.807, 2.05) is 20.8 Å². The molecule has 0 spiro atoms. The molecule has 5 nitrogen and oxygen atoms in total. The van der Waals surface area contributed by atoms with Gasteiger partial charge in [-0.2, -0.15) is 0 Å². The van der Waals surface area contributed by atoms with E-state index in [2.05, 4.69) is 26.0 Å². The second-order valence-corrected chi connectivity index (χ2v) is 7.73. The van der Waals surface area contributed by atoms with Crippen molar-refractivity contribution in [3.8, 4) is 0 Å². The largest absolute Gasteiger partial charge is 0.350 e. The predicted octanol–water partition coefficient (Wildman–Crippen LogP) is 1.77. The second kappa shape index (κ2) is 6.69. The lowest BCUT2D eigenvalue weighted by atomic mass is 10.1. The Morgan fingerprint density at radius 1 is 1.20 bits per heavy atom. The Kier molecular flexibility index (Phi) is 5.73. The number of sulfonamides is 1. The molecular formula is C13H19BrN2O3S. The molecule has 1 amide bonds. The van der Waals surface area contributed by atoms with Gasteiger partial charge in [-0.05, 0) is 38.5 Å². The van der Waals surface area contributed by atoms with Crippen LogP contribution in [0, 0.1) is 0 Å². The molecule has 0 aliphatic heterocycles. The molecule has 0 aromatic heterocycles. The van der Waals surface area contributed by atoms with Crippen LogP contribution in [0.4, 0.5) is 0 Å². The SMILES string of the molecule is CC(C)(C)NC(=O)CNS(=O)(=O)c1ccc(CBr)cc1. The Morgan fingerprint density at radius 2 is 1.75 bits per heavy atom. The normalized spacial score (nSPS) is 12.2. The molecule has 0 saturated carbocycles. The minimum atomic E-state index is -3.66. The van der Waals surface area contributed by atoms with Crippen LogP contribution in [0.25, 0.3) is 0 Å². The lowest BCUT2D eigenvalue weighted by Gasteiger charge is -2.20. The van der Waals surface area contributed by atoms with Gasteiger partial charge in [0.2, 0.25) is 15.9 Å². The molecule has 0 unspecified atom stereocenters. The third-order valence-corrected chi connectivity index (χ3v) is 4.39. The summed E-state index contributed by atoms with van der Waals surface area (Å²) in [6, 6.07) is 6.47. The van der Waals surface area contributed by atoms with Crippen molar-refractivity contribution in [2.24, 2.45) is 0 Å². The Balaban J connectivity index is 2.68. The number of amides is 1. The fraction of sp³-hybridized carbons (Fsp3) is 0.462. The first-order chi connectivity index (χ1) is 9.14. The van der Waals surface area contributed by atoms with Crippen molar-refractivity contribution in [3.63, 3.8) is 0 Å². The molecule has 0 aliphatic carbocycles. The summed E-state index contributed by atoms with van der Waals surface area (Å²) in [5.74, 6) is -0.363. The van der Waals surface area contributed by atoms with E-state index < -0.39 is 10.0 Å². The molecule has 2 N–H and O–H groups in total. The zero-order valence-electron chi connectivity index (χ0n) is 11.7. The molecule has 0 saturated heterocycles. The molecule has 0 fully saturated rings. The van der Waals surface area contributed by atoms with Gasteiger partial charge in [-0.3, -0.25) is 4.79 Å². The average molecular weight is 363 g/mol. The molecule has 1 aromatic rings. The van der Waals surface area contributed by atoms with Crippen molar-refractivity contribution >= 4 is 31.9 Å². The van der Waals surface area contributed by atoms with Gasteiger partial charge in [0, 0.05) is 10.9 Å². The first-order valence-electron chi connectivity index (χ1n) is 6.09. The number of alkyl halides is 1. The van der Waals surface area contributed by atoms with Crippen molar-refractivity contribution in [3.05, 3.63) is 29.8 Å². The van der Waals surface area contributed by atoms with Gasteiger partial charge in [-0.1, -0.05) is 28.1 Å². The highest BCUT2D eigenvalue weighted by atomic mass is 79.9. The maximum Gasteiger partial charge on any atom is 0.241 e. The third kappa shape index (κ3) is 5.60. The first kappa shape index (κ1) is 17.1. The molecule has 7 heteroatoms. The molecule has 1 aromatic carbocycles. The van der Waals surface area contributed by atoms with E-state index in [-0.39, 0.29) is 22.9 Å². The van der Waals surface area contributed by atoms with Crippen molar-refractivity contribution in [2.45, 2.75) is 36.5 Å². The number of carbonyl (C=O) groups excluding carboxylic acids is 1. The van der Waals surface area contributed by atoms with E-state index in [0.29, 0.717) is 5.33 Å². The standard InChI is InChI=1S/C13H19BrN2O3S/c1-13(2,3)16-12(17)9-15-20(18,19)11-6-4-10(8-14)5-7-11/h4-7,15H,8-9H2,1-3H3,(H,16,17). The van der Waals surface area contributed by atoms with Gasteiger partial charge in [0.1, 0.15) is 0 Å². The minimum absolute atomic E-state index is 0.144. The molecule has 0 bridgehead atoms. The number of benzene rings is 1. The Labute approximate surface area is 128 Å². The van der Waals surface area contributed by atoms with Crippen LogP contribution < -0.4 is 10.0 Å². The van der Waals surface area contributed by atoms with Gasteiger partial charge in [-0.25, -0.2) is 13.1 Å². The van der Waals surface area contributed by atoms with Crippen molar-refractivity contribution in [1.82, 2.24) is 10.0 Å². The summed E-state index contributed by atoms with van der Waals surface area (Å²) in [5, 5.41) is 3.35. The van der Waals surface area contributed by atoms with Crippen LogP contribution in [0.5, 0.6) is 0 Å². The van der Waals surface area contributed by atoms with Crippen LogP contribution in [0.3, 0.4) is 0 Å². The van der Waals surface area contributed by atoms with Gasteiger partial charge < -0.3 is 5.32 Å². The average Bonchev–Trinajstić information content (AvgIpc) is 2.35. The molecule has 20 heavy (non-hydrogen) atoms. The van der Waals surface area contributed by atoms with Crippen molar-refractivity contribution in [1.29, 1.82) is 0 Å². The molecular weight excluding hydrogens is 344 g/mol. The van der Waals surface area contributed by atoms with Crippen LogP contribution in [0.15, 0.2) is 29.2 Å². The summed E-state index contributed by atoms with van der Waals surface area (Å²) in [7, 11) is -3.66. The van der Waals surface area contributed by atoms with E-state index in [0.717, 1.165) is 5.56 Å². The molecule has 112 valence electrons. The summed E-state index contributed by atoms with van der Waals surface area (Å²) in [6.07, 6.45) is 0. The molecule has 1 rings (SSSR count). The van der Waals surface area contributed by atoms with E-state index in [4.69, 9.17) is 0 Å². The third-order valence-electron chi connectivity index (χ3n) is 2.33. The highest BCUT2D eigenvalue weighted by Crippen LogP contribution is 2.12. The van der Waals surface area contributed by atoms with E-state index >= 15 is 0 Å². The van der Waals surface area contributed by atoms with Gasteiger partial charge >= 0.3 is 0 Å². The molecule has 0 heterocycles. The maximum absolute atomic E-state index is 12.0. The maximum atomic E-state index is 12.0. The summed E-state index contributed by atoms with van der Waals surface area (Å²) >= 11 is 3.29. The Hall–Kier alpha value is -0.920. The van der Waals surface area contributed by atoms with Crippen molar-refractivity contribution < 1.29 is 13.2 Å². The van der Waals surface area contributed by atoms with Crippen LogP contribution in [0.2, 0.25) is 0 Å². The smallest absolute Gasteiger partial charge is 0.241 e. The van der Waals surface area contributed by atoms with E-state index in [9.17, 15) is 13.2 Å². The molecule has 0 aliphatic rings. The van der Waals surface area contributed by atoms with Gasteiger partial charge in [-0.15, -0.1) is 0 Å². The zero-order chi connectivity index (χ0) is 15.4. The number of carbonyl (C=O) groups is 1. The highest BCUT2D eigenvalue weighted by molar-refractivity contribution is 9.08. The lowest BCUT2D eigenvalue weighted by molar-refractivity contribution is -0.121. The fourth-order valence-corrected chi connectivity index (χ4v) is 2.82. The highest BCUT2D eigenvalue weighted by Gasteiger charge is 2.18. The molecule has 0 radical (unpaired) electrons. The summed E-state index contributed by atoms with van der Waals surface area (Å²) in [6.45, 7) is 5.22. The first-order valence-corrected chi connectivity index (χ1v) is 8.70. The van der Waals surface area contributed by atoms with Gasteiger partial charge in [0.25, 0.3) is 0 Å². The number of hydrogen-bond acceptors (Lipinski definition) is 3.